The van der Waals surface area contributed by atoms with Gasteiger partial charge in [0.25, 0.3) is 0 Å². The third-order valence-corrected chi connectivity index (χ3v) is 4.50. The molecule has 1 unspecified atom stereocenters. The summed E-state index contributed by atoms with van der Waals surface area (Å²) in [6, 6.07) is 10.8. The fourth-order valence-electron chi connectivity index (χ4n) is 3.15. The van der Waals surface area contributed by atoms with E-state index in [2.05, 4.69) is 10.3 Å². The molecular weight excluding hydrogens is 364 g/mol. The Morgan fingerprint density at radius 3 is 2.61 bits per heavy atom. The van der Waals surface area contributed by atoms with Gasteiger partial charge in [0.2, 0.25) is 0 Å². The Balaban J connectivity index is 1.75. The molecule has 5 nitrogen and oxygen atoms in total. The number of aromatic nitrogens is 1. The average Bonchev–Trinajstić information content (AvgIpc) is 2.71. The Kier molecular flexibility index (Phi) is 4.49. The number of benzene rings is 2. The normalized spacial score (nSPS) is 15.2. The maximum atomic E-state index is 13.7. The highest BCUT2D eigenvalue weighted by Crippen LogP contribution is 2.37. The highest BCUT2D eigenvalue weighted by atomic mass is 19.1. The fraction of sp³-hybridized carbons (Fsp3) is 0.0476. The van der Waals surface area contributed by atoms with Crippen LogP contribution in [-0.2, 0) is 4.79 Å². The molecule has 0 spiro atoms. The van der Waals surface area contributed by atoms with E-state index in [0.717, 1.165) is 17.9 Å². The van der Waals surface area contributed by atoms with Crippen molar-refractivity contribution in [1.29, 1.82) is 0 Å². The predicted molar refractivity (Wildman–Crippen MR) is 102 cm³/mol. The zero-order chi connectivity index (χ0) is 19.7. The Labute approximate surface area is 159 Å². The van der Waals surface area contributed by atoms with Crippen LogP contribution in [0.5, 0.6) is 5.75 Å². The number of aldehydes is 1. The third kappa shape index (κ3) is 3.18. The largest absolute Gasteiger partial charge is 0.505 e. The summed E-state index contributed by atoms with van der Waals surface area (Å²) < 4.78 is 26.9. The van der Waals surface area contributed by atoms with E-state index in [0.29, 0.717) is 22.8 Å². The predicted octanol–water partition coefficient (Wildman–Crippen LogP) is 4.54. The van der Waals surface area contributed by atoms with E-state index in [1.807, 2.05) is 6.08 Å². The quantitative estimate of drug-likeness (QED) is 0.515. The lowest BCUT2D eigenvalue weighted by Gasteiger charge is -2.32. The molecule has 0 saturated carbocycles. The summed E-state index contributed by atoms with van der Waals surface area (Å²) in [6.45, 7) is 0. The van der Waals surface area contributed by atoms with Crippen molar-refractivity contribution in [2.45, 2.75) is 6.04 Å². The molecule has 2 heterocycles. The van der Waals surface area contributed by atoms with Gasteiger partial charge in [-0.2, -0.15) is 0 Å². The number of aromatic hydroxyl groups is 1. The molecule has 0 bridgehead atoms. The van der Waals surface area contributed by atoms with Crippen LogP contribution in [0.4, 0.5) is 26.0 Å². The van der Waals surface area contributed by atoms with E-state index >= 15 is 0 Å². The zero-order valence-corrected chi connectivity index (χ0v) is 14.5. The molecule has 0 aliphatic carbocycles. The van der Waals surface area contributed by atoms with Crippen LogP contribution >= 0.6 is 0 Å². The fourth-order valence-corrected chi connectivity index (χ4v) is 3.15. The monoisotopic (exact) mass is 379 g/mol. The second-order valence-electron chi connectivity index (χ2n) is 6.23. The first-order chi connectivity index (χ1) is 13.6. The highest BCUT2D eigenvalue weighted by molar-refractivity contribution is 5.82. The Morgan fingerprint density at radius 1 is 1.11 bits per heavy atom. The second-order valence-corrected chi connectivity index (χ2v) is 6.23. The van der Waals surface area contributed by atoms with Gasteiger partial charge in [0.15, 0.2) is 11.6 Å². The summed E-state index contributed by atoms with van der Waals surface area (Å²) in [7, 11) is 0. The minimum atomic E-state index is -0.769. The topological polar surface area (TPSA) is 65.5 Å². The van der Waals surface area contributed by atoms with E-state index < -0.39 is 17.6 Å². The van der Waals surface area contributed by atoms with Gasteiger partial charge in [-0.25, -0.2) is 13.8 Å². The van der Waals surface area contributed by atoms with Gasteiger partial charge in [-0.15, -0.1) is 0 Å². The summed E-state index contributed by atoms with van der Waals surface area (Å²) in [6.07, 6.45) is 5.93. The Hall–Kier alpha value is -3.74. The molecule has 1 aromatic heterocycles. The molecule has 2 N–H and O–H groups in total. The summed E-state index contributed by atoms with van der Waals surface area (Å²) in [5.74, 6) is -1.21. The second kappa shape index (κ2) is 7.11. The molecule has 4 rings (SSSR count). The van der Waals surface area contributed by atoms with Crippen molar-refractivity contribution in [3.63, 3.8) is 0 Å². The van der Waals surface area contributed by atoms with Gasteiger partial charge in [-0.1, -0.05) is 0 Å². The number of carbonyl (C=O) groups excluding carboxylic acids is 1. The van der Waals surface area contributed by atoms with Crippen LogP contribution in [0.1, 0.15) is 17.2 Å². The van der Waals surface area contributed by atoms with E-state index in [4.69, 9.17) is 0 Å². The smallest absolute Gasteiger partial charge is 0.166 e. The number of pyridine rings is 1. The molecule has 0 amide bonds. The minimum Gasteiger partial charge on any atom is -0.505 e. The Morgan fingerprint density at radius 2 is 1.89 bits per heavy atom. The molecule has 1 aliphatic rings. The molecule has 1 atom stereocenters. The van der Waals surface area contributed by atoms with Crippen LogP contribution in [0.2, 0.25) is 0 Å². The van der Waals surface area contributed by atoms with Gasteiger partial charge in [-0.3, -0.25) is 0 Å². The lowest BCUT2D eigenvalue weighted by Crippen LogP contribution is -2.28. The number of hydrogen-bond donors (Lipinski definition) is 2. The van der Waals surface area contributed by atoms with E-state index in [1.54, 1.807) is 35.5 Å². The van der Waals surface area contributed by atoms with E-state index in [9.17, 15) is 18.7 Å². The van der Waals surface area contributed by atoms with Gasteiger partial charge in [0.05, 0.1) is 0 Å². The summed E-state index contributed by atoms with van der Waals surface area (Å²) in [5.41, 5.74) is 2.42. The number of hydrogen-bond acceptors (Lipinski definition) is 5. The number of nitrogens with zero attached hydrogens (tertiary/aromatic N) is 2. The molecule has 2 aromatic carbocycles. The van der Waals surface area contributed by atoms with Gasteiger partial charge in [0, 0.05) is 35.4 Å². The van der Waals surface area contributed by atoms with Gasteiger partial charge >= 0.3 is 0 Å². The zero-order valence-electron chi connectivity index (χ0n) is 14.5. The number of halogens is 2. The van der Waals surface area contributed by atoms with E-state index in [1.165, 1.54) is 24.3 Å². The minimum absolute atomic E-state index is 0.369. The molecular formula is C21H15F2N3O2. The Bertz CT molecular complexity index is 1070. The molecule has 0 fully saturated rings. The summed E-state index contributed by atoms with van der Waals surface area (Å²) in [5, 5.41) is 12.4. The number of fused-ring (bicyclic) bond motifs is 1. The van der Waals surface area contributed by atoms with Crippen molar-refractivity contribution in [3.8, 4) is 5.75 Å². The molecule has 28 heavy (non-hydrogen) atoms. The first kappa shape index (κ1) is 17.7. The molecule has 1 aliphatic heterocycles. The van der Waals surface area contributed by atoms with Crippen molar-refractivity contribution in [3.05, 3.63) is 83.7 Å². The maximum Gasteiger partial charge on any atom is 0.166 e. The van der Waals surface area contributed by atoms with Crippen LogP contribution in [0.3, 0.4) is 0 Å². The first-order valence-corrected chi connectivity index (χ1v) is 8.48. The maximum absolute atomic E-state index is 13.7. The van der Waals surface area contributed by atoms with Crippen LogP contribution < -0.4 is 10.2 Å². The van der Waals surface area contributed by atoms with Gasteiger partial charge in [-0.05, 0) is 54.1 Å². The van der Waals surface area contributed by atoms with Crippen LogP contribution in [-0.4, -0.2) is 16.4 Å². The summed E-state index contributed by atoms with van der Waals surface area (Å²) in [4.78, 5) is 18.0. The standard InChI is InChI=1S/C21H15F2N3O2/c22-14-1-4-16(5-2-14)26-10-8-13-7-9-24-21(20(13)18(26)12-27)25-15-3-6-19(28)17(23)11-15/h1-12,18,28H,(H,24,25). The molecule has 7 heteroatoms. The van der Waals surface area contributed by atoms with Crippen molar-refractivity contribution < 1.29 is 18.7 Å². The van der Waals surface area contributed by atoms with Crippen LogP contribution in [0, 0.1) is 11.6 Å². The summed E-state index contributed by atoms with van der Waals surface area (Å²) >= 11 is 0. The highest BCUT2D eigenvalue weighted by Gasteiger charge is 2.28. The molecule has 140 valence electrons. The molecule has 0 saturated heterocycles. The van der Waals surface area contributed by atoms with E-state index in [-0.39, 0.29) is 5.82 Å². The number of carbonyl (C=O) groups is 1. The first-order valence-electron chi connectivity index (χ1n) is 8.48. The third-order valence-electron chi connectivity index (χ3n) is 4.50. The van der Waals surface area contributed by atoms with Crippen LogP contribution in [0.15, 0.2) is 60.9 Å². The van der Waals surface area contributed by atoms with Gasteiger partial charge in [0.1, 0.15) is 24.0 Å². The average molecular weight is 379 g/mol. The number of rotatable bonds is 4. The van der Waals surface area contributed by atoms with Crippen molar-refractivity contribution in [2.75, 3.05) is 10.2 Å². The SMILES string of the molecule is O=CC1c2c(ccnc2Nc2ccc(O)c(F)c2)C=CN1c1ccc(F)cc1. The number of phenolic OH excluding ortho intramolecular Hbond substituents is 1. The van der Waals surface area contributed by atoms with Crippen molar-refractivity contribution in [2.24, 2.45) is 0 Å². The number of phenols is 1. The molecule has 3 aromatic rings. The lowest BCUT2D eigenvalue weighted by molar-refractivity contribution is -0.109. The molecule has 0 radical (unpaired) electrons. The van der Waals surface area contributed by atoms with Crippen LogP contribution in [0.25, 0.3) is 6.08 Å². The number of nitrogens with one attached hydrogen (secondary N) is 1. The van der Waals surface area contributed by atoms with Crippen molar-refractivity contribution >= 4 is 29.6 Å². The van der Waals surface area contributed by atoms with Gasteiger partial charge < -0.3 is 20.1 Å². The van der Waals surface area contributed by atoms with Crippen molar-refractivity contribution in [1.82, 2.24) is 4.98 Å². The lowest BCUT2D eigenvalue weighted by atomic mass is 9.97. The number of anilines is 3.